The summed E-state index contributed by atoms with van der Waals surface area (Å²) in [5.74, 6) is -4.40. The molecule has 1 heterocycles. The average molecular weight is 374 g/mol. The second-order valence-corrected chi connectivity index (χ2v) is 5.33. The van der Waals surface area contributed by atoms with Gasteiger partial charge >= 0.3 is 0 Å². The minimum Gasteiger partial charge on any atom is -0.497 e. The first-order valence-electron chi connectivity index (χ1n) is 7.66. The molecule has 27 heavy (non-hydrogen) atoms. The molecule has 0 fully saturated rings. The normalized spacial score (nSPS) is 10.4. The van der Waals surface area contributed by atoms with E-state index < -0.39 is 29.0 Å². The SMILES string of the molecule is COc1cccc(Nc2ncc(C(=O)Nc3ccc(F)c(F)c3F)cn2)c1. The average Bonchev–Trinajstić information content (AvgIpc) is 2.69. The van der Waals surface area contributed by atoms with E-state index in [2.05, 4.69) is 20.6 Å². The molecule has 0 bridgehead atoms. The molecule has 0 radical (unpaired) electrons. The van der Waals surface area contributed by atoms with Gasteiger partial charge in [0.05, 0.1) is 18.4 Å². The summed E-state index contributed by atoms with van der Waals surface area (Å²) in [5.41, 5.74) is 0.197. The fourth-order valence-electron chi connectivity index (χ4n) is 2.16. The number of aromatic nitrogens is 2. The van der Waals surface area contributed by atoms with Crippen LogP contribution in [0.5, 0.6) is 5.75 Å². The van der Waals surface area contributed by atoms with E-state index in [4.69, 9.17) is 4.74 Å². The molecule has 138 valence electrons. The Morgan fingerprint density at radius 2 is 1.78 bits per heavy atom. The second kappa shape index (κ2) is 7.73. The third-order valence-corrected chi connectivity index (χ3v) is 3.52. The molecular formula is C18H13F3N4O2. The molecule has 1 aromatic heterocycles. The van der Waals surface area contributed by atoms with Gasteiger partial charge in [0.2, 0.25) is 5.95 Å². The van der Waals surface area contributed by atoms with Crippen LogP contribution in [0.25, 0.3) is 0 Å². The van der Waals surface area contributed by atoms with Gasteiger partial charge in [-0.15, -0.1) is 0 Å². The zero-order chi connectivity index (χ0) is 19.4. The molecule has 0 atom stereocenters. The van der Waals surface area contributed by atoms with E-state index >= 15 is 0 Å². The highest BCUT2D eigenvalue weighted by atomic mass is 19.2. The van der Waals surface area contributed by atoms with Gasteiger partial charge in [-0.25, -0.2) is 23.1 Å². The summed E-state index contributed by atoms with van der Waals surface area (Å²) in [6, 6.07) is 8.70. The van der Waals surface area contributed by atoms with Crippen LogP contribution in [0.4, 0.5) is 30.5 Å². The highest BCUT2D eigenvalue weighted by Gasteiger charge is 2.16. The largest absolute Gasteiger partial charge is 0.497 e. The van der Waals surface area contributed by atoms with Gasteiger partial charge in [-0.3, -0.25) is 4.79 Å². The van der Waals surface area contributed by atoms with Gasteiger partial charge in [-0.05, 0) is 24.3 Å². The Labute approximate surface area is 152 Å². The van der Waals surface area contributed by atoms with E-state index in [0.29, 0.717) is 17.5 Å². The Kier molecular flexibility index (Phi) is 5.20. The van der Waals surface area contributed by atoms with Crippen molar-refractivity contribution < 1.29 is 22.7 Å². The van der Waals surface area contributed by atoms with Gasteiger partial charge in [-0.1, -0.05) is 6.07 Å². The van der Waals surface area contributed by atoms with Crippen LogP contribution >= 0.6 is 0 Å². The number of methoxy groups -OCH3 is 1. The van der Waals surface area contributed by atoms with Crippen LogP contribution in [-0.4, -0.2) is 23.0 Å². The lowest BCUT2D eigenvalue weighted by Crippen LogP contribution is -2.15. The Morgan fingerprint density at radius 1 is 1.04 bits per heavy atom. The lowest BCUT2D eigenvalue weighted by molar-refractivity contribution is 0.102. The van der Waals surface area contributed by atoms with Gasteiger partial charge in [0.15, 0.2) is 17.5 Å². The van der Waals surface area contributed by atoms with Crippen LogP contribution in [0.3, 0.4) is 0 Å². The lowest BCUT2D eigenvalue weighted by Gasteiger charge is -2.08. The third kappa shape index (κ3) is 4.14. The Bertz CT molecular complexity index is 981. The summed E-state index contributed by atoms with van der Waals surface area (Å²) in [4.78, 5) is 20.1. The van der Waals surface area contributed by atoms with Gasteiger partial charge in [0.25, 0.3) is 5.91 Å². The fourth-order valence-corrected chi connectivity index (χ4v) is 2.16. The van der Waals surface area contributed by atoms with Gasteiger partial charge in [0, 0.05) is 24.1 Å². The molecule has 0 saturated carbocycles. The molecule has 0 aliphatic heterocycles. The number of hydrogen-bond acceptors (Lipinski definition) is 5. The highest BCUT2D eigenvalue weighted by molar-refractivity contribution is 6.04. The molecule has 1 amide bonds. The van der Waals surface area contributed by atoms with Crippen LogP contribution in [0.15, 0.2) is 48.8 Å². The van der Waals surface area contributed by atoms with E-state index in [1.165, 1.54) is 12.4 Å². The Balaban J connectivity index is 1.71. The van der Waals surface area contributed by atoms with Crippen LogP contribution in [-0.2, 0) is 0 Å². The number of halogens is 3. The molecule has 0 aliphatic rings. The van der Waals surface area contributed by atoms with Crippen molar-refractivity contribution in [3.8, 4) is 5.75 Å². The zero-order valence-electron chi connectivity index (χ0n) is 14.0. The summed E-state index contributed by atoms with van der Waals surface area (Å²) in [6.45, 7) is 0. The minimum atomic E-state index is -1.66. The lowest BCUT2D eigenvalue weighted by atomic mass is 10.2. The molecule has 0 saturated heterocycles. The maximum Gasteiger partial charge on any atom is 0.258 e. The topological polar surface area (TPSA) is 76.1 Å². The number of nitrogens with zero attached hydrogens (tertiary/aromatic N) is 2. The number of rotatable bonds is 5. The Hall–Kier alpha value is -3.62. The van der Waals surface area contributed by atoms with Gasteiger partial charge < -0.3 is 15.4 Å². The quantitative estimate of drug-likeness (QED) is 0.663. The van der Waals surface area contributed by atoms with Gasteiger partial charge in [-0.2, -0.15) is 0 Å². The van der Waals surface area contributed by atoms with Crippen molar-refractivity contribution in [1.82, 2.24) is 9.97 Å². The predicted octanol–water partition coefficient (Wildman–Crippen LogP) is 3.90. The number of hydrogen-bond donors (Lipinski definition) is 2. The van der Waals surface area contributed by atoms with E-state index in [0.717, 1.165) is 6.07 Å². The summed E-state index contributed by atoms with van der Waals surface area (Å²) in [7, 11) is 1.54. The molecule has 9 heteroatoms. The maximum atomic E-state index is 13.6. The zero-order valence-corrected chi connectivity index (χ0v) is 14.0. The van der Waals surface area contributed by atoms with Crippen LogP contribution in [0, 0.1) is 17.5 Å². The number of ether oxygens (including phenoxy) is 1. The van der Waals surface area contributed by atoms with E-state index in [9.17, 15) is 18.0 Å². The predicted molar refractivity (Wildman–Crippen MR) is 92.6 cm³/mol. The third-order valence-electron chi connectivity index (χ3n) is 3.52. The maximum absolute atomic E-state index is 13.6. The first kappa shape index (κ1) is 18.2. The molecule has 3 rings (SSSR count). The fraction of sp³-hybridized carbons (Fsp3) is 0.0556. The van der Waals surface area contributed by atoms with Crippen molar-refractivity contribution in [1.29, 1.82) is 0 Å². The second-order valence-electron chi connectivity index (χ2n) is 5.33. The van der Waals surface area contributed by atoms with Crippen molar-refractivity contribution in [3.05, 3.63) is 71.8 Å². The summed E-state index contributed by atoms with van der Waals surface area (Å²) >= 11 is 0. The molecule has 0 aliphatic carbocycles. The van der Waals surface area contributed by atoms with E-state index in [-0.39, 0.29) is 11.5 Å². The van der Waals surface area contributed by atoms with Crippen LogP contribution in [0.2, 0.25) is 0 Å². The summed E-state index contributed by atoms with van der Waals surface area (Å²) in [6.07, 6.45) is 2.42. The minimum absolute atomic E-state index is 0.00956. The standard InChI is InChI=1S/C18H13F3N4O2/c1-27-12-4-2-3-11(7-12)24-18-22-8-10(9-23-18)17(26)25-14-6-5-13(19)15(20)16(14)21/h2-9H,1H3,(H,25,26)(H,22,23,24). The number of amides is 1. The van der Waals surface area contributed by atoms with E-state index in [1.807, 2.05) is 0 Å². The summed E-state index contributed by atoms with van der Waals surface area (Å²) < 4.78 is 44.9. The van der Waals surface area contributed by atoms with E-state index in [1.54, 1.807) is 31.4 Å². The molecule has 2 N–H and O–H groups in total. The smallest absolute Gasteiger partial charge is 0.258 e. The van der Waals surface area contributed by atoms with Crippen molar-refractivity contribution >= 4 is 23.2 Å². The highest BCUT2D eigenvalue weighted by Crippen LogP contribution is 2.21. The molecular weight excluding hydrogens is 361 g/mol. The molecule has 6 nitrogen and oxygen atoms in total. The van der Waals surface area contributed by atoms with Crippen molar-refractivity contribution in [2.45, 2.75) is 0 Å². The molecule has 0 unspecified atom stereocenters. The first-order chi connectivity index (χ1) is 13.0. The number of carbonyl (C=O) groups is 1. The van der Waals surface area contributed by atoms with Crippen molar-refractivity contribution in [2.75, 3.05) is 17.7 Å². The first-order valence-corrected chi connectivity index (χ1v) is 7.66. The van der Waals surface area contributed by atoms with Crippen molar-refractivity contribution in [2.24, 2.45) is 0 Å². The monoisotopic (exact) mass is 374 g/mol. The summed E-state index contributed by atoms with van der Waals surface area (Å²) in [5, 5.41) is 5.07. The molecule has 0 spiro atoms. The Morgan fingerprint density at radius 3 is 2.48 bits per heavy atom. The number of nitrogens with one attached hydrogen (secondary N) is 2. The van der Waals surface area contributed by atoms with Crippen LogP contribution in [0.1, 0.15) is 10.4 Å². The van der Waals surface area contributed by atoms with Gasteiger partial charge in [0.1, 0.15) is 5.75 Å². The number of anilines is 3. The van der Waals surface area contributed by atoms with Crippen molar-refractivity contribution in [3.63, 3.8) is 0 Å². The number of benzene rings is 2. The van der Waals surface area contributed by atoms with Crippen LogP contribution < -0.4 is 15.4 Å². The molecule has 3 aromatic rings. The number of carbonyl (C=O) groups excluding carboxylic acids is 1. The molecule has 2 aromatic carbocycles.